The number of hydrogen-bond donors (Lipinski definition) is 1. The predicted molar refractivity (Wildman–Crippen MR) is 81.8 cm³/mol. The lowest BCUT2D eigenvalue weighted by Crippen LogP contribution is -2.37. The van der Waals surface area contributed by atoms with Crippen LogP contribution in [0.5, 0.6) is 0 Å². The first-order valence-corrected chi connectivity index (χ1v) is 7.70. The van der Waals surface area contributed by atoms with Crippen LogP contribution >= 0.6 is 11.3 Å². The van der Waals surface area contributed by atoms with Crippen LogP contribution in [0.1, 0.15) is 38.2 Å². The molecule has 0 aliphatic carbocycles. The minimum Gasteiger partial charge on any atom is -0.350 e. The van der Waals surface area contributed by atoms with Gasteiger partial charge < -0.3 is 9.88 Å². The van der Waals surface area contributed by atoms with Crippen LogP contribution in [-0.4, -0.2) is 28.9 Å². The maximum absolute atomic E-state index is 12.6. The smallest absolute Gasteiger partial charge is 0.270 e. The molecule has 0 spiro atoms. The van der Waals surface area contributed by atoms with Gasteiger partial charge in [0.25, 0.3) is 5.91 Å². The Bertz CT molecular complexity index is 515. The number of nitrogens with zero attached hydrogens (tertiary/aromatic N) is 1. The Balaban J connectivity index is 2.20. The van der Waals surface area contributed by atoms with Crippen LogP contribution in [-0.2, 0) is 0 Å². The van der Waals surface area contributed by atoms with E-state index < -0.39 is 0 Å². The van der Waals surface area contributed by atoms with Gasteiger partial charge in [0.05, 0.1) is 10.2 Å². The van der Waals surface area contributed by atoms with Crippen molar-refractivity contribution in [3.05, 3.63) is 23.2 Å². The second kappa shape index (κ2) is 5.78. The third kappa shape index (κ3) is 3.38. The quantitative estimate of drug-likeness (QED) is 0.882. The number of hydrogen-bond acceptors (Lipinski definition) is 2. The Labute approximate surface area is 118 Å². The molecule has 0 saturated heterocycles. The number of thiophene rings is 1. The third-order valence-electron chi connectivity index (χ3n) is 2.93. The molecule has 0 atom stereocenters. The molecule has 2 aromatic rings. The molecule has 4 heteroatoms. The van der Waals surface area contributed by atoms with Gasteiger partial charge in [0.1, 0.15) is 5.69 Å². The number of aromatic amines is 1. The van der Waals surface area contributed by atoms with Crippen LogP contribution in [0.2, 0.25) is 0 Å². The molecule has 0 radical (unpaired) electrons. The molecule has 0 unspecified atom stereocenters. The van der Waals surface area contributed by atoms with E-state index in [0.29, 0.717) is 17.5 Å². The molecule has 0 aromatic carbocycles. The number of fused-ring (bicyclic) bond motifs is 1. The summed E-state index contributed by atoms with van der Waals surface area (Å²) >= 11 is 1.66. The zero-order valence-corrected chi connectivity index (χ0v) is 12.9. The van der Waals surface area contributed by atoms with E-state index in [-0.39, 0.29) is 5.91 Å². The molecule has 2 heterocycles. The van der Waals surface area contributed by atoms with E-state index >= 15 is 0 Å². The van der Waals surface area contributed by atoms with Crippen molar-refractivity contribution in [2.45, 2.75) is 27.7 Å². The largest absolute Gasteiger partial charge is 0.350 e. The molecule has 0 bridgehead atoms. The van der Waals surface area contributed by atoms with Crippen LogP contribution in [0.4, 0.5) is 0 Å². The zero-order chi connectivity index (χ0) is 14.0. The second-order valence-electron chi connectivity index (χ2n) is 5.88. The maximum atomic E-state index is 12.6. The molecule has 1 amide bonds. The van der Waals surface area contributed by atoms with Crippen LogP contribution in [0, 0.1) is 11.8 Å². The summed E-state index contributed by atoms with van der Waals surface area (Å²) in [6.45, 7) is 10.2. The first-order chi connectivity index (χ1) is 8.97. The van der Waals surface area contributed by atoms with Gasteiger partial charge in [-0.05, 0) is 29.3 Å². The summed E-state index contributed by atoms with van der Waals surface area (Å²) in [5, 5.41) is 2.04. The van der Waals surface area contributed by atoms with Gasteiger partial charge in [-0.15, -0.1) is 11.3 Å². The fraction of sp³-hybridized carbons (Fsp3) is 0.533. The lowest BCUT2D eigenvalue weighted by atomic mass is 10.1. The van der Waals surface area contributed by atoms with E-state index in [1.165, 1.54) is 0 Å². The molecule has 3 nitrogen and oxygen atoms in total. The van der Waals surface area contributed by atoms with Crippen molar-refractivity contribution in [2.24, 2.45) is 11.8 Å². The van der Waals surface area contributed by atoms with Crippen molar-refractivity contribution in [1.29, 1.82) is 0 Å². The van der Waals surface area contributed by atoms with Crippen LogP contribution in [0.15, 0.2) is 17.5 Å². The summed E-state index contributed by atoms with van der Waals surface area (Å²) in [5.74, 6) is 1.09. The van der Waals surface area contributed by atoms with E-state index in [1.54, 1.807) is 11.3 Å². The minimum absolute atomic E-state index is 0.116. The predicted octanol–water partition coefficient (Wildman–Crippen LogP) is 3.98. The summed E-state index contributed by atoms with van der Waals surface area (Å²) in [6.07, 6.45) is 0. The highest BCUT2D eigenvalue weighted by Crippen LogP contribution is 2.22. The summed E-state index contributed by atoms with van der Waals surface area (Å²) in [4.78, 5) is 17.8. The van der Waals surface area contributed by atoms with Crippen LogP contribution in [0.3, 0.4) is 0 Å². The normalized spacial score (nSPS) is 11.7. The van der Waals surface area contributed by atoms with Gasteiger partial charge >= 0.3 is 0 Å². The van der Waals surface area contributed by atoms with E-state index in [2.05, 4.69) is 32.7 Å². The summed E-state index contributed by atoms with van der Waals surface area (Å²) in [5.41, 5.74) is 1.77. The highest BCUT2D eigenvalue weighted by atomic mass is 32.1. The van der Waals surface area contributed by atoms with Gasteiger partial charge in [-0.1, -0.05) is 27.7 Å². The Morgan fingerprint density at radius 2 is 1.89 bits per heavy atom. The number of carbonyl (C=O) groups excluding carboxylic acids is 1. The highest BCUT2D eigenvalue weighted by Gasteiger charge is 2.19. The van der Waals surface area contributed by atoms with Gasteiger partial charge in [-0.3, -0.25) is 4.79 Å². The maximum Gasteiger partial charge on any atom is 0.270 e. The van der Waals surface area contributed by atoms with E-state index in [1.807, 2.05) is 22.4 Å². The standard InChI is InChI=1S/C15H22N2OS/c1-10(2)8-17(9-11(3)4)15(18)13-7-14-12(16-13)5-6-19-14/h5-7,10-11,16H,8-9H2,1-4H3. The van der Waals surface area contributed by atoms with Gasteiger partial charge in [0.15, 0.2) is 0 Å². The third-order valence-corrected chi connectivity index (χ3v) is 3.79. The van der Waals surface area contributed by atoms with Crippen molar-refractivity contribution < 1.29 is 4.79 Å². The molecule has 0 saturated carbocycles. The summed E-state index contributed by atoms with van der Waals surface area (Å²) in [7, 11) is 0. The fourth-order valence-corrected chi connectivity index (χ4v) is 3.04. The molecule has 2 rings (SSSR count). The van der Waals surface area contributed by atoms with E-state index in [0.717, 1.165) is 23.3 Å². The fourth-order valence-electron chi connectivity index (χ4n) is 2.26. The molecule has 19 heavy (non-hydrogen) atoms. The average Bonchev–Trinajstić information content (AvgIpc) is 2.85. The Kier molecular flexibility index (Phi) is 4.30. The number of amides is 1. The first-order valence-electron chi connectivity index (χ1n) is 6.83. The number of nitrogens with one attached hydrogen (secondary N) is 1. The monoisotopic (exact) mass is 278 g/mol. The number of rotatable bonds is 5. The Hall–Kier alpha value is -1.29. The molecular weight excluding hydrogens is 256 g/mol. The van der Waals surface area contributed by atoms with E-state index in [9.17, 15) is 4.79 Å². The molecule has 0 aliphatic rings. The van der Waals surface area contributed by atoms with E-state index in [4.69, 9.17) is 0 Å². The highest BCUT2D eigenvalue weighted by molar-refractivity contribution is 7.17. The van der Waals surface area contributed by atoms with Gasteiger partial charge in [-0.25, -0.2) is 0 Å². The first kappa shape index (κ1) is 14.1. The van der Waals surface area contributed by atoms with Gasteiger partial charge in [0.2, 0.25) is 0 Å². The Morgan fingerprint density at radius 3 is 2.42 bits per heavy atom. The summed E-state index contributed by atoms with van der Waals surface area (Å²) < 4.78 is 1.15. The molecule has 1 N–H and O–H groups in total. The lowest BCUT2D eigenvalue weighted by molar-refractivity contribution is 0.0710. The zero-order valence-electron chi connectivity index (χ0n) is 12.1. The van der Waals surface area contributed by atoms with Crippen molar-refractivity contribution in [3.8, 4) is 0 Å². The molecule has 0 fully saturated rings. The van der Waals surface area contributed by atoms with Gasteiger partial charge in [0, 0.05) is 13.1 Å². The Morgan fingerprint density at radius 1 is 1.26 bits per heavy atom. The van der Waals surface area contributed by atoms with Gasteiger partial charge in [-0.2, -0.15) is 0 Å². The topological polar surface area (TPSA) is 36.1 Å². The van der Waals surface area contributed by atoms with Crippen molar-refractivity contribution in [3.63, 3.8) is 0 Å². The molecule has 2 aromatic heterocycles. The molecular formula is C15H22N2OS. The summed E-state index contributed by atoms with van der Waals surface area (Å²) in [6, 6.07) is 3.99. The number of H-pyrrole nitrogens is 1. The molecule has 104 valence electrons. The molecule has 0 aliphatic heterocycles. The minimum atomic E-state index is 0.116. The van der Waals surface area contributed by atoms with Crippen molar-refractivity contribution >= 4 is 27.5 Å². The van der Waals surface area contributed by atoms with Crippen molar-refractivity contribution in [1.82, 2.24) is 9.88 Å². The second-order valence-corrected chi connectivity index (χ2v) is 6.83. The van der Waals surface area contributed by atoms with Crippen LogP contribution < -0.4 is 0 Å². The lowest BCUT2D eigenvalue weighted by Gasteiger charge is -2.25. The average molecular weight is 278 g/mol. The number of aromatic nitrogens is 1. The SMILES string of the molecule is CC(C)CN(CC(C)C)C(=O)c1cc2sccc2[nH]1. The number of carbonyl (C=O) groups is 1. The van der Waals surface area contributed by atoms with Crippen molar-refractivity contribution in [2.75, 3.05) is 13.1 Å². The van der Waals surface area contributed by atoms with Crippen LogP contribution in [0.25, 0.3) is 10.2 Å².